The number of benzene rings is 2. The number of nitrogens with one attached hydrogen (secondary N) is 1. The zero-order chi connectivity index (χ0) is 13.2. The molecule has 0 bridgehead atoms. The van der Waals surface area contributed by atoms with E-state index >= 15 is 0 Å². The monoisotopic (exact) mass is 275 g/mol. The number of anilines is 1. The summed E-state index contributed by atoms with van der Waals surface area (Å²) in [6.45, 7) is 0.609. The van der Waals surface area contributed by atoms with Gasteiger partial charge in [-0.3, -0.25) is 0 Å². The van der Waals surface area contributed by atoms with Gasteiger partial charge in [-0.1, -0.05) is 23.7 Å². The van der Waals surface area contributed by atoms with Crippen LogP contribution >= 0.6 is 11.6 Å². The predicted octanol–water partition coefficient (Wildman–Crippen LogP) is 4.58. The molecule has 1 aliphatic rings. The largest absolute Gasteiger partial charge is 0.381 e. The molecule has 1 aliphatic carbocycles. The van der Waals surface area contributed by atoms with Crippen LogP contribution in [0.1, 0.15) is 23.1 Å². The van der Waals surface area contributed by atoms with Gasteiger partial charge in [0.15, 0.2) is 0 Å². The number of fused-ring (bicyclic) bond motifs is 1. The lowest BCUT2D eigenvalue weighted by Crippen LogP contribution is -2.01. The van der Waals surface area contributed by atoms with Crippen molar-refractivity contribution in [2.75, 3.05) is 5.32 Å². The Hall–Kier alpha value is -1.54. The number of rotatable bonds is 3. The smallest absolute Gasteiger partial charge is 0.124 e. The van der Waals surface area contributed by atoms with Crippen LogP contribution in [0.25, 0.3) is 0 Å². The number of halogens is 2. The Morgan fingerprint density at radius 3 is 2.74 bits per heavy atom. The Kier molecular flexibility index (Phi) is 3.43. The van der Waals surface area contributed by atoms with Crippen molar-refractivity contribution in [1.82, 2.24) is 0 Å². The molecule has 3 heteroatoms. The summed E-state index contributed by atoms with van der Waals surface area (Å²) in [5.41, 5.74) is 4.91. The van der Waals surface area contributed by atoms with E-state index in [1.165, 1.54) is 42.5 Å². The molecule has 0 atom stereocenters. The average molecular weight is 276 g/mol. The first kappa shape index (κ1) is 12.5. The Bertz CT molecular complexity index is 610. The van der Waals surface area contributed by atoms with Gasteiger partial charge in [-0.15, -0.1) is 0 Å². The fourth-order valence-electron chi connectivity index (χ4n) is 2.54. The third-order valence-corrected chi connectivity index (χ3v) is 3.95. The maximum Gasteiger partial charge on any atom is 0.124 e. The second-order valence-electron chi connectivity index (χ2n) is 4.93. The van der Waals surface area contributed by atoms with Crippen molar-refractivity contribution >= 4 is 17.3 Å². The second kappa shape index (κ2) is 5.22. The van der Waals surface area contributed by atoms with E-state index in [4.69, 9.17) is 11.6 Å². The highest BCUT2D eigenvalue weighted by Crippen LogP contribution is 2.25. The first-order valence-corrected chi connectivity index (χ1v) is 6.90. The van der Waals surface area contributed by atoms with Gasteiger partial charge in [0, 0.05) is 17.3 Å². The van der Waals surface area contributed by atoms with Gasteiger partial charge in [0.05, 0.1) is 0 Å². The van der Waals surface area contributed by atoms with E-state index in [0.717, 1.165) is 11.3 Å². The van der Waals surface area contributed by atoms with E-state index in [0.29, 0.717) is 11.6 Å². The minimum atomic E-state index is -0.300. The van der Waals surface area contributed by atoms with Crippen LogP contribution in [0.4, 0.5) is 10.1 Å². The molecule has 0 saturated carbocycles. The molecule has 3 rings (SSSR count). The molecule has 1 nitrogen and oxygen atoms in total. The molecular formula is C16H15ClFN. The van der Waals surface area contributed by atoms with Crippen molar-refractivity contribution in [3.05, 3.63) is 63.9 Å². The predicted molar refractivity (Wildman–Crippen MR) is 77.2 cm³/mol. The lowest BCUT2D eigenvalue weighted by molar-refractivity contribution is 0.627. The van der Waals surface area contributed by atoms with Crippen LogP contribution in [0, 0.1) is 5.82 Å². The van der Waals surface area contributed by atoms with E-state index in [1.807, 2.05) is 0 Å². The summed E-state index contributed by atoms with van der Waals surface area (Å²) in [5.74, 6) is -0.300. The molecule has 0 saturated heterocycles. The van der Waals surface area contributed by atoms with Gasteiger partial charge in [-0.2, -0.15) is 0 Å². The number of hydrogen-bond acceptors (Lipinski definition) is 1. The second-order valence-corrected chi connectivity index (χ2v) is 5.33. The average Bonchev–Trinajstić information content (AvgIpc) is 2.85. The number of aryl methyl sites for hydroxylation is 2. The van der Waals surface area contributed by atoms with E-state index in [2.05, 4.69) is 23.5 Å². The molecule has 98 valence electrons. The summed E-state index contributed by atoms with van der Waals surface area (Å²) in [5, 5.41) is 3.81. The molecule has 2 aromatic rings. The van der Waals surface area contributed by atoms with Crippen LogP contribution in [0.2, 0.25) is 5.02 Å². The van der Waals surface area contributed by atoms with Crippen LogP contribution in [-0.4, -0.2) is 0 Å². The molecule has 19 heavy (non-hydrogen) atoms. The van der Waals surface area contributed by atoms with Crippen molar-refractivity contribution < 1.29 is 4.39 Å². The van der Waals surface area contributed by atoms with Gasteiger partial charge >= 0.3 is 0 Å². The molecule has 0 radical (unpaired) electrons. The lowest BCUT2D eigenvalue weighted by Gasteiger charge is -2.10. The summed E-state index contributed by atoms with van der Waals surface area (Å²) >= 11 is 6.01. The fourth-order valence-corrected chi connectivity index (χ4v) is 2.78. The quantitative estimate of drug-likeness (QED) is 0.864. The Balaban J connectivity index is 1.72. The van der Waals surface area contributed by atoms with Crippen LogP contribution < -0.4 is 5.32 Å². The van der Waals surface area contributed by atoms with Gasteiger partial charge in [-0.05, 0) is 60.2 Å². The molecule has 0 aliphatic heterocycles. The summed E-state index contributed by atoms with van der Waals surface area (Å²) in [4.78, 5) is 0. The van der Waals surface area contributed by atoms with Crippen molar-refractivity contribution in [2.45, 2.75) is 25.8 Å². The zero-order valence-corrected chi connectivity index (χ0v) is 11.3. The summed E-state index contributed by atoms with van der Waals surface area (Å²) < 4.78 is 13.0. The highest BCUT2D eigenvalue weighted by atomic mass is 35.5. The first-order valence-electron chi connectivity index (χ1n) is 6.52. The van der Waals surface area contributed by atoms with Gasteiger partial charge in [0.25, 0.3) is 0 Å². The van der Waals surface area contributed by atoms with Gasteiger partial charge in [-0.25, -0.2) is 4.39 Å². The molecular weight excluding hydrogens is 261 g/mol. The SMILES string of the molecule is Fc1ccc(CNc2ccc3c(c2)CCC3)c(Cl)c1. The molecule has 0 heterocycles. The van der Waals surface area contributed by atoms with E-state index in [9.17, 15) is 4.39 Å². The third kappa shape index (κ3) is 2.74. The van der Waals surface area contributed by atoms with E-state index in [1.54, 1.807) is 6.07 Å². The van der Waals surface area contributed by atoms with Crippen molar-refractivity contribution in [3.63, 3.8) is 0 Å². The minimum absolute atomic E-state index is 0.300. The first-order chi connectivity index (χ1) is 9.22. The van der Waals surface area contributed by atoms with Crippen LogP contribution in [0.3, 0.4) is 0 Å². The Morgan fingerprint density at radius 2 is 1.89 bits per heavy atom. The molecule has 0 aromatic heterocycles. The molecule has 1 N–H and O–H groups in total. The van der Waals surface area contributed by atoms with E-state index in [-0.39, 0.29) is 5.82 Å². The zero-order valence-electron chi connectivity index (χ0n) is 10.5. The van der Waals surface area contributed by atoms with Crippen LogP contribution in [-0.2, 0) is 19.4 Å². The van der Waals surface area contributed by atoms with Crippen LogP contribution in [0.5, 0.6) is 0 Å². The van der Waals surface area contributed by atoms with Gasteiger partial charge in [0.1, 0.15) is 5.82 Å². The lowest BCUT2D eigenvalue weighted by atomic mass is 10.1. The highest BCUT2D eigenvalue weighted by Gasteiger charge is 2.10. The van der Waals surface area contributed by atoms with Crippen LogP contribution in [0.15, 0.2) is 36.4 Å². The summed E-state index contributed by atoms with van der Waals surface area (Å²) in [6.07, 6.45) is 3.62. The van der Waals surface area contributed by atoms with Gasteiger partial charge < -0.3 is 5.32 Å². The topological polar surface area (TPSA) is 12.0 Å². The third-order valence-electron chi connectivity index (χ3n) is 3.60. The number of hydrogen-bond donors (Lipinski definition) is 1. The Morgan fingerprint density at radius 1 is 1.05 bits per heavy atom. The molecule has 0 unspecified atom stereocenters. The molecule has 0 amide bonds. The van der Waals surface area contributed by atoms with Crippen molar-refractivity contribution in [2.24, 2.45) is 0 Å². The fraction of sp³-hybridized carbons (Fsp3) is 0.250. The normalized spacial score (nSPS) is 13.4. The van der Waals surface area contributed by atoms with Crippen molar-refractivity contribution in [3.8, 4) is 0 Å². The highest BCUT2D eigenvalue weighted by molar-refractivity contribution is 6.31. The van der Waals surface area contributed by atoms with Crippen molar-refractivity contribution in [1.29, 1.82) is 0 Å². The van der Waals surface area contributed by atoms with Gasteiger partial charge in [0.2, 0.25) is 0 Å². The minimum Gasteiger partial charge on any atom is -0.381 e. The maximum absolute atomic E-state index is 13.0. The summed E-state index contributed by atoms with van der Waals surface area (Å²) in [7, 11) is 0. The maximum atomic E-state index is 13.0. The summed E-state index contributed by atoms with van der Waals surface area (Å²) in [6, 6.07) is 11.0. The molecule has 2 aromatic carbocycles. The molecule has 0 spiro atoms. The standard InChI is InChI=1S/C16H15ClFN/c17-16-9-14(18)6-4-13(16)10-19-15-7-5-11-2-1-3-12(11)8-15/h4-9,19H,1-3,10H2. The van der Waals surface area contributed by atoms with E-state index < -0.39 is 0 Å². The Labute approximate surface area is 117 Å². The molecule has 0 fully saturated rings.